The van der Waals surface area contributed by atoms with E-state index in [2.05, 4.69) is 5.32 Å². The molecule has 0 aromatic heterocycles. The molecule has 0 spiro atoms. The third kappa shape index (κ3) is 5.02. The summed E-state index contributed by atoms with van der Waals surface area (Å²) in [5, 5.41) is 2.83. The zero-order chi connectivity index (χ0) is 19.2. The van der Waals surface area contributed by atoms with E-state index in [1.54, 1.807) is 0 Å². The van der Waals surface area contributed by atoms with Gasteiger partial charge >= 0.3 is 0 Å². The molecule has 1 aliphatic heterocycles. The molecule has 0 aliphatic carbocycles. The highest BCUT2D eigenvalue weighted by Gasteiger charge is 2.31. The smallest absolute Gasteiger partial charge is 0.253 e. The fourth-order valence-corrected chi connectivity index (χ4v) is 3.59. The molecule has 0 atom stereocenters. The molecular formula is C21H22Cl2N2O2. The molecular weight excluding hydrogens is 383 g/mol. The zero-order valence-electron chi connectivity index (χ0n) is 14.9. The molecule has 3 rings (SSSR count). The van der Waals surface area contributed by atoms with Crippen LogP contribution in [0.3, 0.4) is 0 Å². The fourth-order valence-electron chi connectivity index (χ4n) is 3.46. The second-order valence-electron chi connectivity index (χ2n) is 6.66. The lowest BCUT2D eigenvalue weighted by Crippen LogP contribution is -2.48. The molecule has 0 unspecified atom stereocenters. The van der Waals surface area contributed by atoms with Crippen molar-refractivity contribution in [1.29, 1.82) is 0 Å². The first-order valence-electron chi connectivity index (χ1n) is 9.03. The molecule has 2 amide bonds. The molecule has 1 fully saturated rings. The minimum absolute atomic E-state index is 0.00606. The SMILES string of the molecule is O=C(NC1CCN(C(=O)C(c2ccccc2)c2ccccc2)CC1)C(Cl)Cl. The number of nitrogens with zero attached hydrogens (tertiary/aromatic N) is 1. The van der Waals surface area contributed by atoms with Crippen molar-refractivity contribution in [2.45, 2.75) is 29.6 Å². The third-order valence-electron chi connectivity index (χ3n) is 4.86. The normalized spacial score (nSPS) is 15.2. The van der Waals surface area contributed by atoms with Crippen LogP contribution < -0.4 is 5.32 Å². The molecule has 0 bridgehead atoms. The number of rotatable bonds is 5. The molecule has 4 nitrogen and oxygen atoms in total. The lowest BCUT2D eigenvalue weighted by atomic mass is 9.89. The number of alkyl halides is 2. The number of hydrogen-bond donors (Lipinski definition) is 1. The summed E-state index contributed by atoms with van der Waals surface area (Å²) in [5.41, 5.74) is 1.97. The monoisotopic (exact) mass is 404 g/mol. The van der Waals surface area contributed by atoms with Gasteiger partial charge < -0.3 is 10.2 Å². The number of likely N-dealkylation sites (tertiary alicyclic amines) is 1. The Labute approximate surface area is 169 Å². The summed E-state index contributed by atoms with van der Waals surface area (Å²) in [7, 11) is 0. The molecule has 142 valence electrons. The van der Waals surface area contributed by atoms with Crippen molar-refractivity contribution in [3.63, 3.8) is 0 Å². The van der Waals surface area contributed by atoms with Gasteiger partial charge in [0.05, 0.1) is 5.92 Å². The highest BCUT2D eigenvalue weighted by molar-refractivity contribution is 6.53. The summed E-state index contributed by atoms with van der Waals surface area (Å²) >= 11 is 11.2. The molecule has 1 aliphatic rings. The average Bonchev–Trinajstić information content (AvgIpc) is 2.70. The van der Waals surface area contributed by atoms with E-state index in [9.17, 15) is 9.59 Å². The van der Waals surface area contributed by atoms with Gasteiger partial charge in [0.25, 0.3) is 5.91 Å². The van der Waals surface area contributed by atoms with Gasteiger partial charge in [-0.15, -0.1) is 0 Å². The van der Waals surface area contributed by atoms with Gasteiger partial charge in [0.1, 0.15) is 0 Å². The van der Waals surface area contributed by atoms with Crippen LogP contribution in [0.2, 0.25) is 0 Å². The highest BCUT2D eigenvalue weighted by Crippen LogP contribution is 2.28. The lowest BCUT2D eigenvalue weighted by Gasteiger charge is -2.35. The van der Waals surface area contributed by atoms with Gasteiger partial charge in [-0.1, -0.05) is 83.9 Å². The number of carbonyl (C=O) groups is 2. The Morgan fingerprint density at radius 3 is 1.81 bits per heavy atom. The van der Waals surface area contributed by atoms with Gasteiger partial charge in [-0.2, -0.15) is 0 Å². The third-order valence-corrected chi connectivity index (χ3v) is 5.26. The standard InChI is InChI=1S/C21H22Cl2N2O2/c22-19(23)20(26)24-17-11-13-25(14-12-17)21(27)18(15-7-3-1-4-8-15)16-9-5-2-6-10-16/h1-10,17-19H,11-14H2,(H,24,26). The molecule has 1 saturated heterocycles. The van der Waals surface area contributed by atoms with Crippen molar-refractivity contribution in [3.05, 3.63) is 71.8 Å². The highest BCUT2D eigenvalue weighted by atomic mass is 35.5. The molecule has 2 aromatic carbocycles. The van der Waals surface area contributed by atoms with E-state index >= 15 is 0 Å². The second kappa shape index (κ2) is 9.25. The van der Waals surface area contributed by atoms with Crippen molar-refractivity contribution >= 4 is 35.0 Å². The summed E-state index contributed by atoms with van der Waals surface area (Å²) in [4.78, 5) is 25.8. The zero-order valence-corrected chi connectivity index (χ0v) is 16.4. The summed E-state index contributed by atoms with van der Waals surface area (Å²) in [6.07, 6.45) is 1.38. The molecule has 0 saturated carbocycles. The Morgan fingerprint density at radius 1 is 0.889 bits per heavy atom. The van der Waals surface area contributed by atoms with E-state index in [4.69, 9.17) is 23.2 Å². The van der Waals surface area contributed by atoms with Gasteiger partial charge in [-0.25, -0.2) is 0 Å². The number of benzene rings is 2. The van der Waals surface area contributed by atoms with E-state index in [1.165, 1.54) is 0 Å². The van der Waals surface area contributed by atoms with Crippen LogP contribution in [0.15, 0.2) is 60.7 Å². The topological polar surface area (TPSA) is 49.4 Å². The summed E-state index contributed by atoms with van der Waals surface area (Å²) in [6.45, 7) is 1.18. The van der Waals surface area contributed by atoms with Crippen molar-refractivity contribution in [2.24, 2.45) is 0 Å². The van der Waals surface area contributed by atoms with Crippen LogP contribution >= 0.6 is 23.2 Å². The first kappa shape index (κ1) is 19.7. The average molecular weight is 405 g/mol. The number of hydrogen-bond acceptors (Lipinski definition) is 2. The van der Waals surface area contributed by atoms with Crippen LogP contribution in [-0.2, 0) is 9.59 Å². The maximum absolute atomic E-state index is 13.3. The van der Waals surface area contributed by atoms with Gasteiger partial charge in [0, 0.05) is 19.1 Å². The van der Waals surface area contributed by atoms with Crippen LogP contribution in [0.4, 0.5) is 0 Å². The van der Waals surface area contributed by atoms with E-state index in [-0.39, 0.29) is 23.8 Å². The van der Waals surface area contributed by atoms with Crippen LogP contribution in [0.25, 0.3) is 0 Å². The molecule has 1 heterocycles. The van der Waals surface area contributed by atoms with Crippen LogP contribution in [0.1, 0.15) is 29.9 Å². The van der Waals surface area contributed by atoms with Gasteiger partial charge in [-0.3, -0.25) is 9.59 Å². The first-order chi connectivity index (χ1) is 13.1. The van der Waals surface area contributed by atoms with Crippen LogP contribution in [0.5, 0.6) is 0 Å². The van der Waals surface area contributed by atoms with Crippen LogP contribution in [0, 0.1) is 0 Å². The van der Waals surface area contributed by atoms with Gasteiger partial charge in [0.15, 0.2) is 4.84 Å². The van der Waals surface area contributed by atoms with Crippen molar-refractivity contribution in [3.8, 4) is 0 Å². The Balaban J connectivity index is 1.72. The Bertz CT molecular complexity index is 721. The Hall–Kier alpha value is -2.04. The van der Waals surface area contributed by atoms with E-state index < -0.39 is 4.84 Å². The van der Waals surface area contributed by atoms with Crippen molar-refractivity contribution < 1.29 is 9.59 Å². The predicted molar refractivity (Wildman–Crippen MR) is 108 cm³/mol. The Kier molecular flexibility index (Phi) is 6.75. The van der Waals surface area contributed by atoms with E-state index in [0.717, 1.165) is 11.1 Å². The number of halogens is 2. The van der Waals surface area contributed by atoms with E-state index in [0.29, 0.717) is 25.9 Å². The number of piperidine rings is 1. The molecule has 27 heavy (non-hydrogen) atoms. The van der Waals surface area contributed by atoms with Crippen molar-refractivity contribution in [1.82, 2.24) is 10.2 Å². The second-order valence-corrected chi connectivity index (χ2v) is 7.76. The number of amides is 2. The Morgan fingerprint density at radius 2 is 1.37 bits per heavy atom. The summed E-state index contributed by atoms with van der Waals surface area (Å²) < 4.78 is 0. The molecule has 2 aromatic rings. The maximum atomic E-state index is 13.3. The molecule has 1 N–H and O–H groups in total. The molecule has 6 heteroatoms. The summed E-state index contributed by atoms with van der Waals surface area (Å²) in [5.74, 6) is -0.618. The largest absolute Gasteiger partial charge is 0.351 e. The number of carbonyl (C=O) groups excluding carboxylic acids is 2. The summed E-state index contributed by atoms with van der Waals surface area (Å²) in [6, 6.07) is 19.7. The fraction of sp³-hybridized carbons (Fsp3) is 0.333. The van der Waals surface area contributed by atoms with Crippen molar-refractivity contribution in [2.75, 3.05) is 13.1 Å². The quantitative estimate of drug-likeness (QED) is 0.771. The molecule has 0 radical (unpaired) electrons. The minimum atomic E-state index is -1.06. The van der Waals surface area contributed by atoms with Gasteiger partial charge in [-0.05, 0) is 24.0 Å². The van der Waals surface area contributed by atoms with E-state index in [1.807, 2.05) is 65.6 Å². The predicted octanol–water partition coefficient (Wildman–Crippen LogP) is 3.73. The number of nitrogens with one attached hydrogen (secondary N) is 1. The van der Waals surface area contributed by atoms with Gasteiger partial charge in [0.2, 0.25) is 5.91 Å². The first-order valence-corrected chi connectivity index (χ1v) is 9.90. The maximum Gasteiger partial charge on any atom is 0.253 e. The lowest BCUT2D eigenvalue weighted by molar-refractivity contribution is -0.133. The van der Waals surface area contributed by atoms with Crippen LogP contribution in [-0.4, -0.2) is 40.7 Å². The minimum Gasteiger partial charge on any atom is -0.351 e.